The van der Waals surface area contributed by atoms with Gasteiger partial charge in [-0.1, -0.05) is 35.3 Å². The van der Waals surface area contributed by atoms with Gasteiger partial charge in [0.2, 0.25) is 0 Å². The molecule has 13 heteroatoms. The predicted molar refractivity (Wildman–Crippen MR) is 154 cm³/mol. The van der Waals surface area contributed by atoms with Crippen LogP contribution in [0.4, 0.5) is 0 Å². The van der Waals surface area contributed by atoms with E-state index in [0.717, 1.165) is 22.4 Å². The highest BCUT2D eigenvalue weighted by Gasteiger charge is 2.29. The van der Waals surface area contributed by atoms with Crippen LogP contribution in [0, 0.1) is 0 Å². The van der Waals surface area contributed by atoms with Gasteiger partial charge in [0, 0.05) is 47.1 Å². The number of carbonyl (C=O) groups is 1. The number of benzene rings is 2. The second-order valence-electron chi connectivity index (χ2n) is 9.53. The largest absolute Gasteiger partial charge is 0.383 e. The van der Waals surface area contributed by atoms with Gasteiger partial charge in [0.1, 0.15) is 12.2 Å². The maximum absolute atomic E-state index is 13.5. The second kappa shape index (κ2) is 11.3. The van der Waals surface area contributed by atoms with Crippen molar-refractivity contribution < 1.29 is 9.53 Å². The third-order valence-corrected chi connectivity index (χ3v) is 7.53. The lowest BCUT2D eigenvalue weighted by molar-refractivity contribution is 0.0937. The molecule has 0 saturated carbocycles. The molecule has 3 aromatic heterocycles. The number of imidazole rings is 1. The lowest BCUT2D eigenvalue weighted by atomic mass is 10.0. The van der Waals surface area contributed by atoms with E-state index in [-0.39, 0.29) is 17.5 Å². The number of tetrazole rings is 1. The maximum atomic E-state index is 13.5. The summed E-state index contributed by atoms with van der Waals surface area (Å²) in [4.78, 5) is 33.7. The van der Waals surface area contributed by atoms with Crippen LogP contribution in [-0.2, 0) is 11.2 Å². The molecule has 41 heavy (non-hydrogen) atoms. The van der Waals surface area contributed by atoms with Gasteiger partial charge in [-0.05, 0) is 65.2 Å². The maximum Gasteiger partial charge on any atom is 0.252 e. The van der Waals surface area contributed by atoms with E-state index in [1.165, 1.54) is 11.0 Å². The minimum Gasteiger partial charge on any atom is -0.383 e. The van der Waals surface area contributed by atoms with Crippen molar-refractivity contribution in [2.24, 2.45) is 0 Å². The van der Waals surface area contributed by atoms with Crippen LogP contribution >= 0.6 is 23.2 Å². The molecule has 0 bridgehead atoms. The summed E-state index contributed by atoms with van der Waals surface area (Å²) in [5, 5.41) is 15.1. The molecule has 0 saturated heterocycles. The van der Waals surface area contributed by atoms with E-state index in [9.17, 15) is 9.59 Å². The fourth-order valence-corrected chi connectivity index (χ4v) is 5.52. The van der Waals surface area contributed by atoms with Crippen molar-refractivity contribution >= 4 is 29.1 Å². The van der Waals surface area contributed by atoms with E-state index in [1.807, 2.05) is 24.3 Å². The fourth-order valence-electron chi connectivity index (χ4n) is 5.10. The molecule has 0 fully saturated rings. The number of aromatic amines is 1. The van der Waals surface area contributed by atoms with Gasteiger partial charge in [0.15, 0.2) is 5.15 Å². The number of rotatable bonds is 8. The Bertz CT molecular complexity index is 1780. The van der Waals surface area contributed by atoms with E-state index >= 15 is 0 Å². The standard InChI is InChI=1S/C28H24Cl2N8O3/c1-41-11-10-31-28(40)17-4-2-16(3-5-17)25-26(30)34-27(33-25)23-9-7-20-12-18(13-24(39)38(20)23)21-14-19(29)6-8-22(21)37-15-32-35-36-37/h2-6,8,12-15,23H,7,9-11H2,1H3,(H,31,40)(H,33,34)/t23-/m0/s1. The summed E-state index contributed by atoms with van der Waals surface area (Å²) >= 11 is 12.9. The molecule has 1 amide bonds. The summed E-state index contributed by atoms with van der Waals surface area (Å²) in [6.45, 7) is 0.865. The zero-order chi connectivity index (χ0) is 28.5. The highest BCUT2D eigenvalue weighted by molar-refractivity contribution is 6.32. The van der Waals surface area contributed by atoms with Crippen LogP contribution in [-0.4, -0.2) is 60.9 Å². The van der Waals surface area contributed by atoms with Crippen LogP contribution in [0.25, 0.3) is 28.1 Å². The number of hydrogen-bond donors (Lipinski definition) is 2. The van der Waals surface area contributed by atoms with Crippen LogP contribution in [0.5, 0.6) is 0 Å². The number of fused-ring (bicyclic) bond motifs is 1. The molecule has 6 rings (SSSR count). The van der Waals surface area contributed by atoms with Gasteiger partial charge in [-0.25, -0.2) is 4.98 Å². The summed E-state index contributed by atoms with van der Waals surface area (Å²) in [7, 11) is 1.58. The summed E-state index contributed by atoms with van der Waals surface area (Å²) in [5.74, 6) is 0.409. The van der Waals surface area contributed by atoms with Gasteiger partial charge in [0.05, 0.1) is 24.0 Å². The molecule has 11 nitrogen and oxygen atoms in total. The number of carbonyl (C=O) groups excluding carboxylic acids is 1. The Kier molecular flexibility index (Phi) is 7.39. The van der Waals surface area contributed by atoms with Crippen molar-refractivity contribution in [2.75, 3.05) is 20.3 Å². The molecule has 5 aromatic rings. The Labute approximate surface area is 244 Å². The topological polar surface area (TPSA) is 133 Å². The van der Waals surface area contributed by atoms with Crippen molar-refractivity contribution in [1.29, 1.82) is 0 Å². The number of nitrogens with zero attached hydrogens (tertiary/aromatic N) is 6. The van der Waals surface area contributed by atoms with Crippen molar-refractivity contribution in [3.8, 4) is 28.1 Å². The van der Waals surface area contributed by atoms with Gasteiger partial charge in [-0.15, -0.1) is 5.10 Å². The zero-order valence-corrected chi connectivity index (χ0v) is 23.4. The molecular formula is C28H24Cl2N8O3. The Morgan fingerprint density at radius 3 is 2.71 bits per heavy atom. The van der Waals surface area contributed by atoms with Crippen molar-refractivity contribution in [1.82, 2.24) is 40.1 Å². The molecule has 1 atom stereocenters. The van der Waals surface area contributed by atoms with E-state index in [0.29, 0.717) is 58.9 Å². The Balaban J connectivity index is 1.29. The number of methoxy groups -OCH3 is 1. The van der Waals surface area contributed by atoms with Crippen LogP contribution in [0.2, 0.25) is 10.2 Å². The minimum atomic E-state index is -0.304. The molecule has 1 aliphatic rings. The van der Waals surface area contributed by atoms with Gasteiger partial charge < -0.3 is 19.6 Å². The number of H-pyrrole nitrogens is 1. The number of hydrogen-bond acceptors (Lipinski definition) is 7. The predicted octanol–water partition coefficient (Wildman–Crippen LogP) is 4.10. The number of nitrogens with one attached hydrogen (secondary N) is 2. The molecule has 2 N–H and O–H groups in total. The third kappa shape index (κ3) is 5.26. The van der Waals surface area contributed by atoms with Gasteiger partial charge in [0.25, 0.3) is 11.5 Å². The average Bonchev–Trinajstić information content (AvgIpc) is 3.73. The Morgan fingerprint density at radius 1 is 1.12 bits per heavy atom. The zero-order valence-electron chi connectivity index (χ0n) is 21.8. The fraction of sp³-hybridized carbons (Fsp3) is 0.214. The summed E-state index contributed by atoms with van der Waals surface area (Å²) in [6.07, 6.45) is 2.85. The highest BCUT2D eigenvalue weighted by Crippen LogP contribution is 2.36. The number of ether oxygens (including phenoxy) is 1. The number of aryl methyl sites for hydroxylation is 1. The Hall–Kier alpha value is -4.32. The third-order valence-electron chi connectivity index (χ3n) is 7.02. The SMILES string of the molecule is COCCNC(=O)c1ccc(-c2[nH]c([C@@H]3CCc4cc(-c5cc(Cl)ccc5-n5cnnn5)cc(=O)n43)nc2Cl)cc1. The highest BCUT2D eigenvalue weighted by atomic mass is 35.5. The average molecular weight is 591 g/mol. The molecule has 0 radical (unpaired) electrons. The van der Waals surface area contributed by atoms with Crippen molar-refractivity contribution in [3.63, 3.8) is 0 Å². The second-order valence-corrected chi connectivity index (χ2v) is 10.3. The quantitative estimate of drug-likeness (QED) is 0.260. The van der Waals surface area contributed by atoms with Gasteiger partial charge in [-0.2, -0.15) is 4.68 Å². The molecule has 1 aliphatic heterocycles. The first kappa shape index (κ1) is 26.9. The van der Waals surface area contributed by atoms with E-state index in [1.54, 1.807) is 42.0 Å². The molecule has 208 valence electrons. The number of halogens is 2. The van der Waals surface area contributed by atoms with Crippen molar-refractivity contribution in [2.45, 2.75) is 18.9 Å². The Morgan fingerprint density at radius 2 is 1.95 bits per heavy atom. The van der Waals surface area contributed by atoms with E-state index < -0.39 is 0 Å². The van der Waals surface area contributed by atoms with E-state index in [2.05, 4.69) is 30.8 Å². The molecule has 4 heterocycles. The molecule has 2 aromatic carbocycles. The first-order chi connectivity index (χ1) is 19.9. The first-order valence-electron chi connectivity index (χ1n) is 12.8. The molecule has 0 spiro atoms. The van der Waals surface area contributed by atoms with Crippen LogP contribution in [0.15, 0.2) is 65.7 Å². The number of aromatic nitrogens is 7. The smallest absolute Gasteiger partial charge is 0.252 e. The number of amides is 1. The summed E-state index contributed by atoms with van der Waals surface area (Å²) < 4.78 is 8.25. The minimum absolute atomic E-state index is 0.166. The van der Waals surface area contributed by atoms with Crippen molar-refractivity contribution in [3.05, 3.63) is 98.5 Å². The van der Waals surface area contributed by atoms with Crippen LogP contribution < -0.4 is 10.9 Å². The lowest BCUT2D eigenvalue weighted by Gasteiger charge is -2.15. The molecular weight excluding hydrogens is 567 g/mol. The first-order valence-corrected chi connectivity index (χ1v) is 13.6. The van der Waals surface area contributed by atoms with Gasteiger partial charge in [-0.3, -0.25) is 9.59 Å². The molecule has 0 aliphatic carbocycles. The summed E-state index contributed by atoms with van der Waals surface area (Å²) in [5.41, 5.74) is 4.80. The van der Waals surface area contributed by atoms with Gasteiger partial charge >= 0.3 is 0 Å². The van der Waals surface area contributed by atoms with Crippen LogP contribution in [0.1, 0.15) is 34.3 Å². The monoisotopic (exact) mass is 590 g/mol. The summed E-state index contributed by atoms with van der Waals surface area (Å²) in [6, 6.07) is 15.7. The normalized spacial score (nSPS) is 14.3. The van der Waals surface area contributed by atoms with Crippen LogP contribution in [0.3, 0.4) is 0 Å². The molecule has 0 unspecified atom stereocenters. The number of pyridine rings is 1. The van der Waals surface area contributed by atoms with E-state index in [4.69, 9.17) is 27.9 Å². The lowest BCUT2D eigenvalue weighted by Crippen LogP contribution is -2.26.